The van der Waals surface area contributed by atoms with Crippen molar-refractivity contribution in [2.75, 3.05) is 7.05 Å². The Kier molecular flexibility index (Phi) is 7.51. The third kappa shape index (κ3) is 5.23. The van der Waals surface area contributed by atoms with Gasteiger partial charge in [0.1, 0.15) is 10.4 Å². The molecule has 0 saturated heterocycles. The summed E-state index contributed by atoms with van der Waals surface area (Å²) >= 11 is 6.08. The summed E-state index contributed by atoms with van der Waals surface area (Å²) < 4.78 is 28.4. The van der Waals surface area contributed by atoms with Crippen LogP contribution in [0.1, 0.15) is 59.8 Å². The van der Waals surface area contributed by atoms with Gasteiger partial charge in [-0.1, -0.05) is 44.0 Å². The number of carbonyl (C=O) groups is 2. The molecule has 0 aliphatic heterocycles. The second kappa shape index (κ2) is 9.55. The Morgan fingerprint density at radius 1 is 1.18 bits per heavy atom. The number of carbonyl (C=O) groups excluding carboxylic acids is 2. The maximum atomic E-state index is 13.4. The third-order valence-electron chi connectivity index (χ3n) is 7.38. The van der Waals surface area contributed by atoms with E-state index in [9.17, 15) is 18.0 Å². The van der Waals surface area contributed by atoms with E-state index in [2.05, 4.69) is 29.2 Å². The number of hydrogen-bond donors (Lipinski definition) is 3. The normalized spacial score (nSPS) is 29.9. The zero-order valence-corrected chi connectivity index (χ0v) is 21.6. The highest BCUT2D eigenvalue weighted by Gasteiger charge is 2.53. The van der Waals surface area contributed by atoms with E-state index in [0.29, 0.717) is 5.92 Å². The van der Waals surface area contributed by atoms with E-state index in [-0.39, 0.29) is 45.0 Å². The minimum absolute atomic E-state index is 0.0619. The molecule has 2 aliphatic carbocycles. The van der Waals surface area contributed by atoms with Gasteiger partial charge < -0.3 is 10.6 Å². The average Bonchev–Trinajstić information content (AvgIpc) is 2.73. The van der Waals surface area contributed by atoms with Gasteiger partial charge in [-0.25, -0.2) is 8.42 Å². The summed E-state index contributed by atoms with van der Waals surface area (Å²) in [7, 11) is -2.31. The van der Waals surface area contributed by atoms with E-state index >= 15 is 0 Å². The molecule has 3 rings (SSSR count). The molecule has 184 valence electrons. The molecule has 2 bridgehead atoms. The molecular weight excluding hydrogens is 462 g/mol. The Morgan fingerprint density at radius 2 is 1.85 bits per heavy atom. The maximum Gasteiger partial charge on any atom is 0.243 e. The molecule has 5 unspecified atom stereocenters. The van der Waals surface area contributed by atoms with Crippen molar-refractivity contribution in [2.45, 2.75) is 76.3 Å². The first-order chi connectivity index (χ1) is 15.3. The molecule has 2 fully saturated rings. The van der Waals surface area contributed by atoms with Crippen molar-refractivity contribution in [1.29, 1.82) is 0 Å². The number of nitrogens with one attached hydrogen (secondary N) is 3. The van der Waals surface area contributed by atoms with Crippen LogP contribution in [-0.2, 0) is 19.6 Å². The molecule has 0 aromatic heterocycles. The van der Waals surface area contributed by atoms with Crippen molar-refractivity contribution in [1.82, 2.24) is 15.4 Å². The van der Waals surface area contributed by atoms with Crippen LogP contribution in [0.3, 0.4) is 0 Å². The first-order valence-electron chi connectivity index (χ1n) is 11.7. The average molecular weight is 498 g/mol. The van der Waals surface area contributed by atoms with Crippen LogP contribution in [0, 0.1) is 23.2 Å². The Labute approximate surface area is 202 Å². The minimum Gasteiger partial charge on any atom is -0.359 e. The van der Waals surface area contributed by atoms with Gasteiger partial charge >= 0.3 is 0 Å². The predicted octanol–water partition coefficient (Wildman–Crippen LogP) is 3.48. The van der Waals surface area contributed by atoms with Gasteiger partial charge in [-0.15, -0.1) is 0 Å². The fourth-order valence-corrected chi connectivity index (χ4v) is 7.90. The van der Waals surface area contributed by atoms with Gasteiger partial charge in [-0.05, 0) is 69.4 Å². The first-order valence-corrected chi connectivity index (χ1v) is 13.5. The number of amides is 2. The van der Waals surface area contributed by atoms with Crippen molar-refractivity contribution < 1.29 is 18.0 Å². The van der Waals surface area contributed by atoms with Crippen molar-refractivity contribution in [3.05, 3.63) is 29.3 Å². The highest BCUT2D eigenvalue weighted by Crippen LogP contribution is 2.53. The molecule has 0 spiro atoms. The molecule has 3 N–H and O–H groups in total. The van der Waals surface area contributed by atoms with Crippen LogP contribution in [-0.4, -0.2) is 38.9 Å². The highest BCUT2D eigenvalue weighted by molar-refractivity contribution is 7.89. The SMILES string of the molecule is CCC1CC2(C(=O)NC)CC(C)CC(C2)C1NC(=O)C(C)(C)NS(=O)(=O)c1ccccc1Cl. The Bertz CT molecular complexity index is 1010. The lowest BCUT2D eigenvalue weighted by atomic mass is 9.54. The fraction of sp³-hybridized carbons (Fsp3) is 0.667. The monoisotopic (exact) mass is 497 g/mol. The number of hydrogen-bond acceptors (Lipinski definition) is 4. The molecule has 2 amide bonds. The van der Waals surface area contributed by atoms with E-state index in [1.165, 1.54) is 12.1 Å². The van der Waals surface area contributed by atoms with Crippen molar-refractivity contribution in [3.8, 4) is 0 Å². The predicted molar refractivity (Wildman–Crippen MR) is 129 cm³/mol. The first kappa shape index (κ1) is 26.0. The van der Waals surface area contributed by atoms with Crippen LogP contribution in [0.4, 0.5) is 0 Å². The molecule has 7 nitrogen and oxygen atoms in total. The maximum absolute atomic E-state index is 13.4. The summed E-state index contributed by atoms with van der Waals surface area (Å²) in [6.07, 6.45) is 4.10. The topological polar surface area (TPSA) is 104 Å². The second-order valence-electron chi connectivity index (χ2n) is 10.4. The highest BCUT2D eigenvalue weighted by atomic mass is 35.5. The van der Waals surface area contributed by atoms with E-state index in [1.807, 2.05) is 0 Å². The van der Waals surface area contributed by atoms with Crippen LogP contribution in [0.15, 0.2) is 29.2 Å². The molecule has 0 heterocycles. The molecule has 1 aromatic carbocycles. The summed E-state index contributed by atoms with van der Waals surface area (Å²) in [6, 6.07) is 6.04. The largest absolute Gasteiger partial charge is 0.359 e. The Balaban J connectivity index is 1.81. The minimum atomic E-state index is -4.00. The number of benzene rings is 1. The molecule has 9 heteroatoms. The Hall–Kier alpha value is -1.64. The van der Waals surface area contributed by atoms with Gasteiger partial charge in [0.25, 0.3) is 0 Å². The molecule has 33 heavy (non-hydrogen) atoms. The van der Waals surface area contributed by atoms with Crippen molar-refractivity contribution >= 4 is 33.4 Å². The molecule has 2 aliphatic rings. The number of sulfonamides is 1. The molecule has 0 radical (unpaired) electrons. The quantitative estimate of drug-likeness (QED) is 0.536. The zero-order valence-electron chi connectivity index (χ0n) is 20.1. The number of rotatable bonds is 7. The van der Waals surface area contributed by atoms with Crippen LogP contribution >= 0.6 is 11.6 Å². The second-order valence-corrected chi connectivity index (χ2v) is 12.5. The summed E-state index contributed by atoms with van der Waals surface area (Å²) in [5, 5.41) is 6.12. The summed E-state index contributed by atoms with van der Waals surface area (Å²) in [4.78, 5) is 26.1. The van der Waals surface area contributed by atoms with Gasteiger partial charge in [0, 0.05) is 13.1 Å². The third-order valence-corrected chi connectivity index (χ3v) is 9.54. The van der Waals surface area contributed by atoms with Crippen molar-refractivity contribution in [3.63, 3.8) is 0 Å². The smallest absolute Gasteiger partial charge is 0.243 e. The lowest BCUT2D eigenvalue weighted by Gasteiger charge is -2.53. The number of halogens is 1. The standard InChI is InChI=1S/C24H36ClN3O4S/c1-6-16-13-24(22(30)26-5)12-15(2)11-17(14-24)20(16)27-21(29)23(3,4)28-33(31,32)19-10-8-7-9-18(19)25/h7-10,15-17,20,28H,6,11-14H2,1-5H3,(H,26,30)(H,27,29). The lowest BCUT2D eigenvalue weighted by Crippen LogP contribution is -2.62. The van der Waals surface area contributed by atoms with Crippen molar-refractivity contribution in [2.24, 2.45) is 23.2 Å². The van der Waals surface area contributed by atoms with Gasteiger partial charge in [-0.2, -0.15) is 4.72 Å². The Morgan fingerprint density at radius 3 is 2.45 bits per heavy atom. The van der Waals surface area contributed by atoms with Gasteiger partial charge in [-0.3, -0.25) is 9.59 Å². The molecule has 1 aromatic rings. The van der Waals surface area contributed by atoms with E-state index in [0.717, 1.165) is 32.1 Å². The van der Waals surface area contributed by atoms with Crippen LogP contribution in [0.2, 0.25) is 5.02 Å². The van der Waals surface area contributed by atoms with Crippen LogP contribution in [0.25, 0.3) is 0 Å². The molecular formula is C24H36ClN3O4S. The van der Waals surface area contributed by atoms with Crippen LogP contribution < -0.4 is 15.4 Å². The fourth-order valence-electron chi connectivity index (χ4n) is 6.00. The molecule has 5 atom stereocenters. The van der Waals surface area contributed by atoms with Gasteiger partial charge in [0.15, 0.2) is 0 Å². The number of fused-ring (bicyclic) bond motifs is 2. The van der Waals surface area contributed by atoms with Gasteiger partial charge in [0.05, 0.1) is 10.4 Å². The summed E-state index contributed by atoms with van der Waals surface area (Å²) in [5.41, 5.74) is -1.77. The summed E-state index contributed by atoms with van der Waals surface area (Å²) in [5.74, 6) is 0.408. The lowest BCUT2D eigenvalue weighted by molar-refractivity contribution is -0.142. The summed E-state index contributed by atoms with van der Waals surface area (Å²) in [6.45, 7) is 7.35. The van der Waals surface area contributed by atoms with E-state index < -0.39 is 15.6 Å². The van der Waals surface area contributed by atoms with E-state index in [1.54, 1.807) is 33.0 Å². The zero-order chi connectivity index (χ0) is 24.6. The van der Waals surface area contributed by atoms with Crippen LogP contribution in [0.5, 0.6) is 0 Å². The van der Waals surface area contributed by atoms with E-state index in [4.69, 9.17) is 11.6 Å². The molecule has 2 saturated carbocycles. The van der Waals surface area contributed by atoms with Gasteiger partial charge in [0.2, 0.25) is 21.8 Å².